The van der Waals surface area contributed by atoms with Crippen LogP contribution in [0.4, 0.5) is 13.2 Å². The Morgan fingerprint density at radius 2 is 0.973 bits per heavy atom. The van der Waals surface area contributed by atoms with Crippen LogP contribution in [0.25, 0.3) is 0 Å². The summed E-state index contributed by atoms with van der Waals surface area (Å²) in [7, 11) is -5.69. The predicted octanol–water partition coefficient (Wildman–Crippen LogP) is 9.82. The van der Waals surface area contributed by atoms with Gasteiger partial charge in [-0.3, -0.25) is 0 Å². The van der Waals surface area contributed by atoms with E-state index in [-0.39, 0.29) is 0 Å². The molecule has 0 saturated carbocycles. The summed E-state index contributed by atoms with van der Waals surface area (Å²) in [6.07, 6.45) is 16.0. The summed E-state index contributed by atoms with van der Waals surface area (Å²) < 4.78 is 69.4. The number of benzene rings is 2. The maximum absolute atomic E-state index is 13.2. The first kappa shape index (κ1) is 32.1. The first-order chi connectivity index (χ1) is 17.7. The van der Waals surface area contributed by atoms with Crippen molar-refractivity contribution in [3.05, 3.63) is 66.8 Å². The van der Waals surface area contributed by atoms with Crippen LogP contribution in [0.2, 0.25) is 0 Å². The third kappa shape index (κ3) is 11.6. The Hall–Kier alpha value is -1.13. The minimum atomic E-state index is -5.69. The summed E-state index contributed by atoms with van der Waals surface area (Å²) in [5.74, 6) is 0. The number of halogens is 4. The Labute approximate surface area is 229 Å². The molecule has 2 aromatic carbocycles. The van der Waals surface area contributed by atoms with E-state index in [4.69, 9.17) is 2.51 Å². The number of hydrogen-bond acceptors (Lipinski definition) is 3. The zero-order valence-electron chi connectivity index (χ0n) is 22.2. The Morgan fingerprint density at radius 3 is 1.32 bits per heavy atom. The van der Waals surface area contributed by atoms with Crippen molar-refractivity contribution in [1.29, 1.82) is 0 Å². The van der Waals surface area contributed by atoms with Crippen LogP contribution in [-0.2, 0) is 25.5 Å². The quantitative estimate of drug-likeness (QED) is 0.0914. The van der Waals surface area contributed by atoms with Gasteiger partial charge in [-0.25, -0.2) is 0 Å². The summed E-state index contributed by atoms with van der Waals surface area (Å²) >= 11 is -3.34. The molecule has 0 radical (unpaired) electrons. The second-order valence-corrected chi connectivity index (χ2v) is 16.0. The molecule has 0 amide bonds. The first-order valence-corrected chi connectivity index (χ1v) is 18.0. The number of alkyl halides is 3. The summed E-state index contributed by atoms with van der Waals surface area (Å²) in [4.78, 5) is 0. The van der Waals surface area contributed by atoms with Gasteiger partial charge in [0.2, 0.25) is 0 Å². The Morgan fingerprint density at radius 1 is 0.622 bits per heavy atom. The monoisotopic (exact) mass is 654 g/mol. The van der Waals surface area contributed by atoms with E-state index in [0.29, 0.717) is 7.14 Å². The van der Waals surface area contributed by atoms with Crippen LogP contribution in [0, 0.1) is 7.14 Å². The van der Waals surface area contributed by atoms with Gasteiger partial charge in [0, 0.05) is 0 Å². The molecule has 0 heterocycles. The van der Waals surface area contributed by atoms with Gasteiger partial charge in [0.25, 0.3) is 0 Å². The molecule has 2 rings (SSSR count). The van der Waals surface area contributed by atoms with E-state index in [1.165, 1.54) is 51.4 Å². The van der Waals surface area contributed by atoms with Crippen LogP contribution < -0.4 is 0 Å². The van der Waals surface area contributed by atoms with E-state index in [0.717, 1.165) is 49.7 Å². The average Bonchev–Trinajstić information content (AvgIpc) is 2.87. The van der Waals surface area contributed by atoms with Crippen LogP contribution in [0.1, 0.15) is 102 Å². The summed E-state index contributed by atoms with van der Waals surface area (Å²) in [6.45, 7) is 4.38. The fourth-order valence-corrected chi connectivity index (χ4v) is 10.5. The molecule has 0 aliphatic rings. The molecule has 0 atom stereocenters. The van der Waals surface area contributed by atoms with Gasteiger partial charge in [0.15, 0.2) is 0 Å². The second kappa shape index (κ2) is 16.7. The van der Waals surface area contributed by atoms with Crippen LogP contribution in [0.3, 0.4) is 0 Å². The Bertz CT molecular complexity index is 931. The molecule has 0 spiro atoms. The van der Waals surface area contributed by atoms with E-state index in [9.17, 15) is 21.6 Å². The number of aryl methyl sites for hydroxylation is 2. The summed E-state index contributed by atoms with van der Waals surface area (Å²) in [6, 6.07) is 14.5. The molecule has 210 valence electrons. The third-order valence-corrected chi connectivity index (χ3v) is 13.3. The normalized spacial score (nSPS) is 12.6. The summed E-state index contributed by atoms with van der Waals surface area (Å²) in [5, 5.41) is 0. The van der Waals surface area contributed by atoms with E-state index in [1.807, 2.05) is 24.3 Å². The molecular formula is C29H42F3IO3S. The van der Waals surface area contributed by atoms with Gasteiger partial charge in [0.05, 0.1) is 0 Å². The van der Waals surface area contributed by atoms with Gasteiger partial charge in [-0.1, -0.05) is 0 Å². The van der Waals surface area contributed by atoms with Crippen LogP contribution in [-0.4, -0.2) is 13.9 Å². The Kier molecular flexibility index (Phi) is 14.5. The van der Waals surface area contributed by atoms with E-state index >= 15 is 0 Å². The standard InChI is InChI=1S/C29H42F3IO3S/c1-3-5-7-9-11-13-15-25-17-21-27(22-18-25)33(36-37(34,35)29(30,31)32)28-23-19-26(20-24-28)16-14-12-10-8-6-4-2/h17-24H,3-16H2,1-2H3. The molecule has 0 saturated heterocycles. The van der Waals surface area contributed by atoms with Gasteiger partial charge in [-0.15, -0.1) is 0 Å². The molecule has 0 N–H and O–H groups in total. The van der Waals surface area contributed by atoms with E-state index < -0.39 is 35.9 Å². The van der Waals surface area contributed by atoms with Crippen LogP contribution in [0.15, 0.2) is 48.5 Å². The van der Waals surface area contributed by atoms with Crippen molar-refractivity contribution in [1.82, 2.24) is 0 Å². The van der Waals surface area contributed by atoms with E-state index in [1.54, 1.807) is 24.3 Å². The van der Waals surface area contributed by atoms with Crippen molar-refractivity contribution in [2.24, 2.45) is 0 Å². The van der Waals surface area contributed by atoms with Crippen molar-refractivity contribution in [2.75, 3.05) is 0 Å². The van der Waals surface area contributed by atoms with Crippen molar-refractivity contribution in [3.8, 4) is 0 Å². The second-order valence-electron chi connectivity index (χ2n) is 9.50. The number of rotatable bonds is 18. The maximum atomic E-state index is 13.2. The Balaban J connectivity index is 2.09. The van der Waals surface area contributed by atoms with Crippen molar-refractivity contribution in [2.45, 2.75) is 109 Å². The zero-order valence-corrected chi connectivity index (χ0v) is 25.1. The average molecular weight is 655 g/mol. The van der Waals surface area contributed by atoms with Gasteiger partial charge >= 0.3 is 230 Å². The molecule has 37 heavy (non-hydrogen) atoms. The number of hydrogen-bond donors (Lipinski definition) is 0. The molecule has 0 aliphatic heterocycles. The minimum absolute atomic E-state index is 0.535. The molecule has 0 fully saturated rings. The van der Waals surface area contributed by atoms with E-state index in [2.05, 4.69) is 13.8 Å². The molecule has 3 nitrogen and oxygen atoms in total. The van der Waals surface area contributed by atoms with Gasteiger partial charge in [-0.05, 0) is 0 Å². The zero-order chi connectivity index (χ0) is 27.2. The third-order valence-electron chi connectivity index (χ3n) is 6.29. The van der Waals surface area contributed by atoms with Crippen LogP contribution >= 0.6 is 20.2 Å². The molecule has 8 heteroatoms. The van der Waals surface area contributed by atoms with Crippen molar-refractivity contribution < 1.29 is 24.1 Å². The van der Waals surface area contributed by atoms with Gasteiger partial charge in [-0.2, -0.15) is 0 Å². The molecule has 0 aliphatic carbocycles. The van der Waals surface area contributed by atoms with Crippen molar-refractivity contribution >= 4 is 30.4 Å². The van der Waals surface area contributed by atoms with Gasteiger partial charge < -0.3 is 0 Å². The van der Waals surface area contributed by atoms with Crippen molar-refractivity contribution in [3.63, 3.8) is 0 Å². The molecule has 0 aromatic heterocycles. The molecule has 0 bridgehead atoms. The predicted molar refractivity (Wildman–Crippen MR) is 155 cm³/mol. The number of unbranched alkanes of at least 4 members (excludes halogenated alkanes) is 10. The first-order valence-electron chi connectivity index (χ1n) is 13.6. The fraction of sp³-hybridized carbons (Fsp3) is 0.586. The van der Waals surface area contributed by atoms with Crippen LogP contribution in [0.5, 0.6) is 0 Å². The molecule has 0 unspecified atom stereocenters. The molecule has 2 aromatic rings. The fourth-order valence-electron chi connectivity index (χ4n) is 4.07. The SMILES string of the molecule is CCCCCCCCc1ccc(I(OS(=O)(=O)C(F)(F)F)c2ccc(CCCCCCCC)cc2)cc1. The summed E-state index contributed by atoms with van der Waals surface area (Å²) in [5.41, 5.74) is -3.25. The topological polar surface area (TPSA) is 43.4 Å². The molecular weight excluding hydrogens is 612 g/mol. The van der Waals surface area contributed by atoms with Gasteiger partial charge in [0.1, 0.15) is 0 Å².